The number of hydrogen-bond acceptors (Lipinski definition) is 5. The number of ether oxygens (including phenoxy) is 3. The van der Waals surface area contributed by atoms with Crippen molar-refractivity contribution in [3.8, 4) is 0 Å². The van der Waals surface area contributed by atoms with Crippen LogP contribution in [0.1, 0.15) is 51.4 Å². The van der Waals surface area contributed by atoms with Gasteiger partial charge in [0.25, 0.3) is 0 Å². The summed E-state index contributed by atoms with van der Waals surface area (Å²) in [5.41, 5.74) is 0. The summed E-state index contributed by atoms with van der Waals surface area (Å²) in [5, 5.41) is 6.00. The first-order chi connectivity index (χ1) is 12.2. The fraction of sp³-hybridized carbons (Fsp3) is 0.889. The lowest BCUT2D eigenvalue weighted by molar-refractivity contribution is -0.128. The third-order valence-electron chi connectivity index (χ3n) is 6.00. The fourth-order valence-corrected chi connectivity index (χ4v) is 4.25. The second-order valence-electron chi connectivity index (χ2n) is 7.76. The maximum Gasteiger partial charge on any atom is 0.407 e. The van der Waals surface area contributed by atoms with Crippen LogP contribution in [0.25, 0.3) is 0 Å². The van der Waals surface area contributed by atoms with Gasteiger partial charge in [0.1, 0.15) is 12.2 Å². The van der Waals surface area contributed by atoms with Gasteiger partial charge in [-0.15, -0.1) is 0 Å². The molecule has 4 rings (SSSR count). The minimum atomic E-state index is -0.404. The van der Waals surface area contributed by atoms with Crippen LogP contribution in [0.2, 0.25) is 0 Å². The smallest absolute Gasteiger partial charge is 0.407 e. The number of rotatable bonds is 4. The van der Waals surface area contributed by atoms with Gasteiger partial charge < -0.3 is 24.8 Å². The topological polar surface area (TPSA) is 85.9 Å². The molecule has 7 heteroatoms. The normalized spacial score (nSPS) is 35.7. The van der Waals surface area contributed by atoms with Crippen LogP contribution in [0, 0.1) is 5.92 Å². The van der Waals surface area contributed by atoms with E-state index in [2.05, 4.69) is 10.6 Å². The van der Waals surface area contributed by atoms with E-state index in [1.54, 1.807) is 0 Å². The van der Waals surface area contributed by atoms with E-state index in [1.807, 2.05) is 0 Å². The Morgan fingerprint density at radius 2 is 1.60 bits per heavy atom. The molecule has 2 heterocycles. The van der Waals surface area contributed by atoms with Gasteiger partial charge in [-0.2, -0.15) is 0 Å². The maximum atomic E-state index is 12.1. The molecule has 0 unspecified atom stereocenters. The molecule has 0 aromatic rings. The summed E-state index contributed by atoms with van der Waals surface area (Å²) in [6.07, 6.45) is 7.39. The van der Waals surface area contributed by atoms with Crippen LogP contribution in [0.4, 0.5) is 4.79 Å². The first-order valence-corrected chi connectivity index (χ1v) is 9.71. The van der Waals surface area contributed by atoms with Crippen molar-refractivity contribution in [1.82, 2.24) is 10.6 Å². The summed E-state index contributed by atoms with van der Waals surface area (Å²) in [6, 6.07) is 0.0754. The molecule has 2 aliphatic carbocycles. The molecule has 2 amide bonds. The van der Waals surface area contributed by atoms with Gasteiger partial charge in [0, 0.05) is 12.0 Å². The Hall–Kier alpha value is -1.34. The third-order valence-corrected chi connectivity index (χ3v) is 6.00. The summed E-state index contributed by atoms with van der Waals surface area (Å²) >= 11 is 0. The summed E-state index contributed by atoms with van der Waals surface area (Å²) in [7, 11) is 0. The van der Waals surface area contributed by atoms with E-state index in [-0.39, 0.29) is 42.2 Å². The molecule has 4 atom stereocenters. The number of carbonyl (C=O) groups excluding carboxylic acids is 2. The van der Waals surface area contributed by atoms with Crippen LogP contribution in [0.3, 0.4) is 0 Å². The monoisotopic (exact) mass is 352 g/mol. The molecule has 0 radical (unpaired) electrons. The van der Waals surface area contributed by atoms with Crippen LogP contribution in [-0.4, -0.2) is 55.6 Å². The number of fused-ring (bicyclic) bond motifs is 1. The molecule has 0 bridgehead atoms. The van der Waals surface area contributed by atoms with Crippen molar-refractivity contribution >= 4 is 12.0 Å². The van der Waals surface area contributed by atoms with E-state index in [1.165, 1.54) is 6.42 Å². The molecule has 0 aromatic heterocycles. The van der Waals surface area contributed by atoms with Crippen molar-refractivity contribution in [3.05, 3.63) is 0 Å². The second kappa shape index (κ2) is 7.50. The molecule has 4 aliphatic rings. The van der Waals surface area contributed by atoms with Crippen molar-refractivity contribution in [3.63, 3.8) is 0 Å². The van der Waals surface area contributed by atoms with Gasteiger partial charge in [-0.05, 0) is 25.7 Å². The molecule has 4 fully saturated rings. The number of amides is 2. The van der Waals surface area contributed by atoms with E-state index in [0.717, 1.165) is 44.9 Å². The number of nitrogens with one attached hydrogen (secondary N) is 2. The van der Waals surface area contributed by atoms with Crippen LogP contribution in [-0.2, 0) is 19.0 Å². The lowest BCUT2D eigenvalue weighted by Gasteiger charge is -2.27. The standard InChI is InChI=1S/C18H28N2O5/c21-17(11-5-4-6-11)20-13-9-23-16-14(10-24-15(13)16)25-18(22)19-12-7-2-1-3-8-12/h11-16H,1-10H2,(H,19,22)(H,20,21)/t13-,14+,15+,16+/m0/s1. The number of alkyl carbamates (subject to hydrolysis) is 1. The van der Waals surface area contributed by atoms with E-state index in [9.17, 15) is 9.59 Å². The summed E-state index contributed by atoms with van der Waals surface area (Å²) in [4.78, 5) is 24.3. The van der Waals surface area contributed by atoms with Crippen LogP contribution >= 0.6 is 0 Å². The third kappa shape index (κ3) is 3.77. The molecular weight excluding hydrogens is 324 g/mol. The zero-order valence-electron chi connectivity index (χ0n) is 14.6. The summed E-state index contributed by atoms with van der Waals surface area (Å²) in [5.74, 6) is 0.247. The predicted molar refractivity (Wildman–Crippen MR) is 89.0 cm³/mol. The Bertz CT molecular complexity index is 504. The predicted octanol–water partition coefficient (Wildman–Crippen LogP) is 1.50. The van der Waals surface area contributed by atoms with E-state index in [0.29, 0.717) is 13.2 Å². The van der Waals surface area contributed by atoms with Gasteiger partial charge in [-0.1, -0.05) is 25.7 Å². The van der Waals surface area contributed by atoms with Crippen molar-refractivity contribution in [2.45, 2.75) is 81.8 Å². The van der Waals surface area contributed by atoms with Gasteiger partial charge >= 0.3 is 6.09 Å². The Labute approximate surface area is 148 Å². The average Bonchev–Trinajstić information content (AvgIpc) is 3.11. The molecule has 140 valence electrons. The van der Waals surface area contributed by atoms with Gasteiger partial charge in [-0.3, -0.25) is 4.79 Å². The average molecular weight is 352 g/mol. The lowest BCUT2D eigenvalue weighted by Crippen LogP contribution is -2.47. The number of carbonyl (C=O) groups is 2. The van der Waals surface area contributed by atoms with Crippen LogP contribution in [0.15, 0.2) is 0 Å². The molecule has 2 saturated heterocycles. The van der Waals surface area contributed by atoms with Gasteiger partial charge in [0.2, 0.25) is 5.91 Å². The maximum absolute atomic E-state index is 12.1. The second-order valence-corrected chi connectivity index (χ2v) is 7.76. The SMILES string of the molecule is O=C(NC1CCCCC1)O[C@@H]1CO[C@H]2[C@@H]1OC[C@@H]2NC(=O)C1CCC1. The quantitative estimate of drug-likeness (QED) is 0.801. The summed E-state index contributed by atoms with van der Waals surface area (Å²) < 4.78 is 17.1. The molecule has 2 N–H and O–H groups in total. The van der Waals surface area contributed by atoms with Gasteiger partial charge in [0.05, 0.1) is 19.3 Å². The minimum Gasteiger partial charge on any atom is -0.441 e. The number of hydrogen-bond donors (Lipinski definition) is 2. The molecule has 25 heavy (non-hydrogen) atoms. The first-order valence-electron chi connectivity index (χ1n) is 9.71. The zero-order chi connectivity index (χ0) is 17.2. The first kappa shape index (κ1) is 17.1. The Balaban J connectivity index is 1.25. The highest BCUT2D eigenvalue weighted by atomic mass is 16.6. The highest BCUT2D eigenvalue weighted by Gasteiger charge is 2.50. The lowest BCUT2D eigenvalue weighted by atomic mass is 9.84. The van der Waals surface area contributed by atoms with Crippen LogP contribution in [0.5, 0.6) is 0 Å². The molecule has 0 spiro atoms. The van der Waals surface area contributed by atoms with Crippen LogP contribution < -0.4 is 10.6 Å². The highest BCUT2D eigenvalue weighted by Crippen LogP contribution is 2.31. The fourth-order valence-electron chi connectivity index (χ4n) is 4.25. The zero-order valence-corrected chi connectivity index (χ0v) is 14.6. The van der Waals surface area contributed by atoms with Crippen molar-refractivity contribution in [2.24, 2.45) is 5.92 Å². The van der Waals surface area contributed by atoms with Crippen molar-refractivity contribution in [1.29, 1.82) is 0 Å². The van der Waals surface area contributed by atoms with Gasteiger partial charge in [0.15, 0.2) is 6.10 Å². The Morgan fingerprint density at radius 3 is 2.32 bits per heavy atom. The highest BCUT2D eigenvalue weighted by molar-refractivity contribution is 5.79. The van der Waals surface area contributed by atoms with E-state index >= 15 is 0 Å². The molecular formula is C18H28N2O5. The Morgan fingerprint density at radius 1 is 0.840 bits per heavy atom. The summed E-state index contributed by atoms with van der Waals surface area (Å²) in [6.45, 7) is 0.737. The molecule has 2 aliphatic heterocycles. The molecule has 0 aromatic carbocycles. The van der Waals surface area contributed by atoms with Crippen molar-refractivity contribution < 1.29 is 23.8 Å². The minimum absolute atomic E-state index is 0.100. The largest absolute Gasteiger partial charge is 0.441 e. The van der Waals surface area contributed by atoms with E-state index in [4.69, 9.17) is 14.2 Å². The molecule has 7 nitrogen and oxygen atoms in total. The Kier molecular flexibility index (Phi) is 5.12. The van der Waals surface area contributed by atoms with Crippen molar-refractivity contribution in [2.75, 3.05) is 13.2 Å². The van der Waals surface area contributed by atoms with E-state index < -0.39 is 6.10 Å². The van der Waals surface area contributed by atoms with Gasteiger partial charge in [-0.25, -0.2) is 4.79 Å². The molecule has 2 saturated carbocycles.